The van der Waals surface area contributed by atoms with Crippen molar-refractivity contribution in [1.29, 1.82) is 0 Å². The molecule has 1 aromatic carbocycles. The summed E-state index contributed by atoms with van der Waals surface area (Å²) < 4.78 is 43.0. The summed E-state index contributed by atoms with van der Waals surface area (Å²) in [6.45, 7) is 2.20. The summed E-state index contributed by atoms with van der Waals surface area (Å²) in [6.07, 6.45) is -3.71. The number of benzene rings is 1. The van der Waals surface area contributed by atoms with E-state index in [-0.39, 0.29) is 18.4 Å². The summed E-state index contributed by atoms with van der Waals surface area (Å²) in [7, 11) is 1.80. The van der Waals surface area contributed by atoms with Crippen LogP contribution >= 0.6 is 0 Å². The van der Waals surface area contributed by atoms with Crippen molar-refractivity contribution in [2.24, 2.45) is 0 Å². The van der Waals surface area contributed by atoms with E-state index >= 15 is 0 Å². The number of alkyl halides is 3. The van der Waals surface area contributed by atoms with Gasteiger partial charge in [0, 0.05) is 6.04 Å². The number of para-hydroxylation sites is 1. The lowest BCUT2D eigenvalue weighted by Crippen LogP contribution is -2.23. The molecule has 0 saturated carbocycles. The van der Waals surface area contributed by atoms with E-state index in [2.05, 4.69) is 5.32 Å². The van der Waals surface area contributed by atoms with Crippen LogP contribution in [0.4, 0.5) is 13.2 Å². The molecular weight excluding hydrogens is 231 g/mol. The molecule has 0 amide bonds. The topological polar surface area (TPSA) is 21.3 Å². The number of halogens is 3. The molecule has 0 radical (unpaired) electrons. The number of hydrogen-bond acceptors (Lipinski definition) is 2. The first kappa shape index (κ1) is 13.8. The Morgan fingerprint density at radius 2 is 1.94 bits per heavy atom. The lowest BCUT2D eigenvalue weighted by molar-refractivity contribution is -0.138. The lowest BCUT2D eigenvalue weighted by Gasteiger charge is -2.15. The van der Waals surface area contributed by atoms with Crippen LogP contribution in [-0.4, -0.2) is 19.7 Å². The Labute approximate surface area is 98.8 Å². The number of hydrogen-bond donors (Lipinski definition) is 1. The van der Waals surface area contributed by atoms with E-state index in [4.69, 9.17) is 4.74 Å². The normalized spacial score (nSPS) is 13.5. The summed E-state index contributed by atoms with van der Waals surface area (Å²) in [5.41, 5.74) is -0.725. The largest absolute Gasteiger partial charge is 0.493 e. The molecule has 1 rings (SSSR count). The molecular formula is C12H16F3NO. The molecule has 0 aromatic heterocycles. The predicted molar refractivity (Wildman–Crippen MR) is 60.1 cm³/mol. The van der Waals surface area contributed by atoms with Crippen LogP contribution in [0.15, 0.2) is 24.3 Å². The summed E-state index contributed by atoms with van der Waals surface area (Å²) >= 11 is 0. The van der Waals surface area contributed by atoms with E-state index < -0.39 is 11.7 Å². The van der Waals surface area contributed by atoms with Crippen LogP contribution in [-0.2, 0) is 6.18 Å². The van der Waals surface area contributed by atoms with Gasteiger partial charge in [0.1, 0.15) is 5.75 Å². The van der Waals surface area contributed by atoms with Crippen molar-refractivity contribution in [3.8, 4) is 5.75 Å². The Morgan fingerprint density at radius 1 is 1.29 bits per heavy atom. The first-order chi connectivity index (χ1) is 7.95. The Balaban J connectivity index is 2.65. The highest BCUT2D eigenvalue weighted by molar-refractivity contribution is 5.35. The second-order valence-corrected chi connectivity index (χ2v) is 3.82. The van der Waals surface area contributed by atoms with Crippen molar-refractivity contribution in [1.82, 2.24) is 5.32 Å². The number of rotatable bonds is 5. The summed E-state index contributed by atoms with van der Waals surface area (Å²) in [4.78, 5) is 0. The molecule has 0 aliphatic heterocycles. The minimum atomic E-state index is -4.37. The third kappa shape index (κ3) is 4.26. The summed E-state index contributed by atoms with van der Waals surface area (Å²) in [5, 5.41) is 2.99. The van der Waals surface area contributed by atoms with Gasteiger partial charge in [-0.05, 0) is 32.5 Å². The monoisotopic (exact) mass is 247 g/mol. The number of ether oxygens (including phenoxy) is 1. The molecule has 1 N–H and O–H groups in total. The zero-order valence-corrected chi connectivity index (χ0v) is 9.84. The Hall–Kier alpha value is -1.23. The molecule has 96 valence electrons. The fourth-order valence-electron chi connectivity index (χ4n) is 1.32. The maximum atomic E-state index is 12.6. The van der Waals surface area contributed by atoms with Crippen LogP contribution in [0, 0.1) is 0 Å². The van der Waals surface area contributed by atoms with E-state index in [1.807, 2.05) is 6.92 Å². The van der Waals surface area contributed by atoms with E-state index in [1.165, 1.54) is 18.2 Å². The molecule has 17 heavy (non-hydrogen) atoms. The van der Waals surface area contributed by atoms with Crippen molar-refractivity contribution >= 4 is 0 Å². The molecule has 1 unspecified atom stereocenters. The Kier molecular flexibility index (Phi) is 4.81. The Morgan fingerprint density at radius 3 is 2.53 bits per heavy atom. The highest BCUT2D eigenvalue weighted by atomic mass is 19.4. The van der Waals surface area contributed by atoms with Crippen LogP contribution in [0.1, 0.15) is 18.9 Å². The molecule has 0 heterocycles. The van der Waals surface area contributed by atoms with Gasteiger partial charge >= 0.3 is 6.18 Å². The second-order valence-electron chi connectivity index (χ2n) is 3.82. The van der Waals surface area contributed by atoms with Gasteiger partial charge in [-0.3, -0.25) is 0 Å². The fourth-order valence-corrected chi connectivity index (χ4v) is 1.32. The van der Waals surface area contributed by atoms with Gasteiger partial charge in [0.25, 0.3) is 0 Å². The van der Waals surface area contributed by atoms with Crippen molar-refractivity contribution in [3.63, 3.8) is 0 Å². The molecule has 2 nitrogen and oxygen atoms in total. The first-order valence-electron chi connectivity index (χ1n) is 5.41. The molecule has 0 aliphatic rings. The Bertz CT molecular complexity index is 352. The van der Waals surface area contributed by atoms with Crippen LogP contribution in [0.2, 0.25) is 0 Å². The van der Waals surface area contributed by atoms with Crippen molar-refractivity contribution in [2.75, 3.05) is 13.7 Å². The number of nitrogens with one attached hydrogen (secondary N) is 1. The van der Waals surface area contributed by atoms with Crippen molar-refractivity contribution < 1.29 is 17.9 Å². The molecule has 1 aromatic rings. The van der Waals surface area contributed by atoms with Gasteiger partial charge in [-0.2, -0.15) is 13.2 Å². The average Bonchev–Trinajstić information content (AvgIpc) is 2.28. The van der Waals surface area contributed by atoms with Crippen LogP contribution in [0.5, 0.6) is 5.75 Å². The van der Waals surface area contributed by atoms with Gasteiger partial charge < -0.3 is 10.1 Å². The standard InChI is InChI=1S/C12H16F3NO/c1-9(16-2)7-8-17-11-6-4-3-5-10(11)12(13,14)15/h3-6,9,16H,7-8H2,1-2H3. The molecule has 1 atom stereocenters. The van der Waals surface area contributed by atoms with Crippen molar-refractivity contribution in [3.05, 3.63) is 29.8 Å². The van der Waals surface area contributed by atoms with E-state index in [0.29, 0.717) is 6.42 Å². The highest BCUT2D eigenvalue weighted by Crippen LogP contribution is 2.35. The zero-order valence-electron chi connectivity index (χ0n) is 9.84. The van der Waals surface area contributed by atoms with Crippen molar-refractivity contribution in [2.45, 2.75) is 25.6 Å². The zero-order chi connectivity index (χ0) is 12.9. The van der Waals surface area contributed by atoms with E-state index in [9.17, 15) is 13.2 Å². The minimum absolute atomic E-state index is 0.108. The van der Waals surface area contributed by atoms with Gasteiger partial charge in [-0.25, -0.2) is 0 Å². The van der Waals surface area contributed by atoms with Gasteiger partial charge in [0.05, 0.1) is 12.2 Å². The van der Waals surface area contributed by atoms with Gasteiger partial charge in [0.2, 0.25) is 0 Å². The molecule has 0 bridgehead atoms. The quantitative estimate of drug-likeness (QED) is 0.863. The van der Waals surface area contributed by atoms with E-state index in [0.717, 1.165) is 6.07 Å². The minimum Gasteiger partial charge on any atom is -0.493 e. The first-order valence-corrected chi connectivity index (χ1v) is 5.41. The molecule has 0 spiro atoms. The second kappa shape index (κ2) is 5.91. The maximum absolute atomic E-state index is 12.6. The van der Waals surface area contributed by atoms with Gasteiger partial charge in [-0.15, -0.1) is 0 Å². The average molecular weight is 247 g/mol. The fraction of sp³-hybridized carbons (Fsp3) is 0.500. The van der Waals surface area contributed by atoms with Crippen LogP contribution in [0.3, 0.4) is 0 Å². The van der Waals surface area contributed by atoms with Gasteiger partial charge in [-0.1, -0.05) is 12.1 Å². The molecule has 0 fully saturated rings. The molecule has 5 heteroatoms. The smallest absolute Gasteiger partial charge is 0.419 e. The SMILES string of the molecule is CNC(C)CCOc1ccccc1C(F)(F)F. The highest BCUT2D eigenvalue weighted by Gasteiger charge is 2.33. The third-order valence-corrected chi connectivity index (χ3v) is 2.49. The lowest BCUT2D eigenvalue weighted by atomic mass is 10.2. The summed E-state index contributed by atoms with van der Waals surface area (Å²) in [5.74, 6) is -0.108. The van der Waals surface area contributed by atoms with Gasteiger partial charge in [0.15, 0.2) is 0 Å². The molecule has 0 aliphatic carbocycles. The predicted octanol–water partition coefficient (Wildman–Crippen LogP) is 3.08. The molecule has 0 saturated heterocycles. The van der Waals surface area contributed by atoms with E-state index in [1.54, 1.807) is 7.05 Å². The van der Waals surface area contributed by atoms with Crippen LogP contribution in [0.25, 0.3) is 0 Å². The summed E-state index contributed by atoms with van der Waals surface area (Å²) in [6, 6.07) is 5.47. The third-order valence-electron chi connectivity index (χ3n) is 2.49. The van der Waals surface area contributed by atoms with Crippen LogP contribution < -0.4 is 10.1 Å². The maximum Gasteiger partial charge on any atom is 0.419 e.